The Bertz CT molecular complexity index is 1320. The smallest absolute Gasteiger partial charge is 0.217 e. The molecule has 5 aliphatic rings. The van der Waals surface area contributed by atoms with Crippen molar-refractivity contribution in [3.8, 4) is 0 Å². The van der Waals surface area contributed by atoms with Crippen molar-refractivity contribution in [2.75, 3.05) is 33.0 Å². The number of aliphatic hydroxyl groups excluding tert-OH is 16. The highest BCUT2D eigenvalue weighted by atomic mass is 16.8. The number of aliphatic hydroxyl groups is 16. The molecule has 0 radical (unpaired) electrons. The van der Waals surface area contributed by atoms with Crippen LogP contribution >= 0.6 is 0 Å². The summed E-state index contributed by atoms with van der Waals surface area (Å²) < 4.78 is 50.7. The molecule has 1 amide bonds. The minimum Gasteiger partial charge on any atom is -0.394 e. The van der Waals surface area contributed by atoms with Crippen LogP contribution in [0.3, 0.4) is 0 Å². The minimum absolute atomic E-state index is 0.740. The number of amides is 1. The van der Waals surface area contributed by atoms with Gasteiger partial charge in [0.1, 0.15) is 122 Å². The lowest BCUT2D eigenvalue weighted by molar-refractivity contribution is -0.396. The van der Waals surface area contributed by atoms with Crippen molar-refractivity contribution in [1.82, 2.24) is 5.32 Å². The Morgan fingerprint density at radius 3 is 1.25 bits per heavy atom. The van der Waals surface area contributed by atoms with Gasteiger partial charge < -0.3 is 130 Å². The molecule has 344 valence electrons. The highest BCUT2D eigenvalue weighted by Gasteiger charge is 2.56. The molecule has 0 spiro atoms. The number of nitrogens with one attached hydrogen (secondary N) is 1. The molecular formula is C32H55NO26. The second kappa shape index (κ2) is 20.8. The van der Waals surface area contributed by atoms with Gasteiger partial charge in [-0.3, -0.25) is 4.79 Å². The molecule has 59 heavy (non-hydrogen) atoms. The Morgan fingerprint density at radius 1 is 0.441 bits per heavy atom. The van der Waals surface area contributed by atoms with Gasteiger partial charge in [-0.05, 0) is 0 Å². The normalized spacial score (nSPS) is 51.0. The third-order valence-electron chi connectivity index (χ3n) is 10.7. The third kappa shape index (κ3) is 10.3. The number of hydrogen-bond acceptors (Lipinski definition) is 26. The lowest BCUT2D eigenvalue weighted by Crippen LogP contribution is -2.68. The molecule has 25 atom stereocenters. The number of hydrogen-bond donors (Lipinski definition) is 17. The zero-order valence-electron chi connectivity index (χ0n) is 31.2. The van der Waals surface area contributed by atoms with Gasteiger partial charge in [0, 0.05) is 6.92 Å². The van der Waals surface area contributed by atoms with Crippen molar-refractivity contribution in [3.05, 3.63) is 0 Å². The van der Waals surface area contributed by atoms with Crippen molar-refractivity contribution in [3.63, 3.8) is 0 Å². The lowest BCUT2D eigenvalue weighted by Gasteiger charge is -2.49. The Kier molecular flexibility index (Phi) is 17.1. The average molecular weight is 870 g/mol. The SMILES string of the molecule is CC(=O)N[C@@H]1[C@@H](O)[C@H](O[C@@H]2O[C@H](CO)[C@H](O)[C@H](O)[C@H]2O)[C@@H](CO[C@@H]2O[C@H](CO)[C@H](O)[C@H](O)[C@H]2O[C@@H]2O[C@H](CO)[C@H](O)[C@H](O)[C@H]2O[C@@H]2O[C@H](CO)[C@H](O)[C@H](O)[C@H]2O)O[C@@H]1O. The van der Waals surface area contributed by atoms with Gasteiger partial charge in [0.25, 0.3) is 0 Å². The zero-order chi connectivity index (χ0) is 43.6. The van der Waals surface area contributed by atoms with E-state index in [1.165, 1.54) is 0 Å². The van der Waals surface area contributed by atoms with Gasteiger partial charge in [-0.2, -0.15) is 0 Å². The van der Waals surface area contributed by atoms with Crippen LogP contribution in [0.1, 0.15) is 6.92 Å². The van der Waals surface area contributed by atoms with Gasteiger partial charge in [0.2, 0.25) is 5.91 Å². The predicted molar refractivity (Wildman–Crippen MR) is 178 cm³/mol. The van der Waals surface area contributed by atoms with E-state index in [1.54, 1.807) is 0 Å². The number of carbonyl (C=O) groups is 1. The highest BCUT2D eigenvalue weighted by molar-refractivity contribution is 5.73. The van der Waals surface area contributed by atoms with Gasteiger partial charge >= 0.3 is 0 Å². The van der Waals surface area contributed by atoms with Crippen LogP contribution in [0.15, 0.2) is 0 Å². The quantitative estimate of drug-likeness (QED) is 0.0770. The molecule has 5 heterocycles. The van der Waals surface area contributed by atoms with E-state index in [4.69, 9.17) is 42.6 Å². The topological polar surface area (TPSA) is 436 Å². The molecule has 17 N–H and O–H groups in total. The third-order valence-corrected chi connectivity index (χ3v) is 10.7. The molecule has 5 aliphatic heterocycles. The Balaban J connectivity index is 1.41. The van der Waals surface area contributed by atoms with Gasteiger partial charge in [0.05, 0.1) is 33.0 Å². The van der Waals surface area contributed by atoms with Crippen LogP contribution in [0.5, 0.6) is 0 Å². The molecule has 27 heteroatoms. The second-order valence-corrected chi connectivity index (χ2v) is 14.7. The van der Waals surface area contributed by atoms with Crippen molar-refractivity contribution in [2.24, 2.45) is 0 Å². The summed E-state index contributed by atoms with van der Waals surface area (Å²) in [5, 5.41) is 169. The fourth-order valence-electron chi connectivity index (χ4n) is 7.29. The van der Waals surface area contributed by atoms with Crippen LogP contribution in [-0.4, -0.2) is 274 Å². The van der Waals surface area contributed by atoms with E-state index in [0.29, 0.717) is 0 Å². The largest absolute Gasteiger partial charge is 0.394 e. The number of rotatable bonds is 14. The van der Waals surface area contributed by atoms with Crippen LogP contribution < -0.4 is 5.32 Å². The summed E-state index contributed by atoms with van der Waals surface area (Å²) in [6, 6.07) is -1.60. The van der Waals surface area contributed by atoms with Crippen molar-refractivity contribution < 1.29 is 129 Å². The summed E-state index contributed by atoms with van der Waals surface area (Å²) in [5.74, 6) is -0.740. The Morgan fingerprint density at radius 2 is 0.814 bits per heavy atom. The molecule has 5 fully saturated rings. The molecule has 0 aromatic carbocycles. The monoisotopic (exact) mass is 869 g/mol. The second-order valence-electron chi connectivity index (χ2n) is 14.7. The summed E-state index contributed by atoms with van der Waals surface area (Å²) in [4.78, 5) is 11.9. The number of ether oxygens (including phenoxy) is 9. The first-order chi connectivity index (χ1) is 27.9. The van der Waals surface area contributed by atoms with Gasteiger partial charge in [-0.1, -0.05) is 0 Å². The average Bonchev–Trinajstić information content (AvgIpc) is 3.21. The van der Waals surface area contributed by atoms with Crippen LogP contribution in [0.25, 0.3) is 0 Å². The van der Waals surface area contributed by atoms with Crippen LogP contribution in [0.4, 0.5) is 0 Å². The molecule has 0 aliphatic carbocycles. The maximum Gasteiger partial charge on any atom is 0.217 e. The van der Waals surface area contributed by atoms with E-state index in [2.05, 4.69) is 5.32 Å². The molecule has 0 aromatic heterocycles. The fraction of sp³-hybridized carbons (Fsp3) is 0.969. The maximum absolute atomic E-state index is 11.9. The molecule has 0 bridgehead atoms. The standard InChI is InChI=1S/C32H55NO26/c1-7(38)33-13-18(43)25(57-29-23(48)19(44)14(39)8(2-34)53-29)12(52-28(13)50)6-51-31-26(21(46)16(41)10(4-36)55-31)59-32-27(22(47)17(42)11(5-37)56-32)58-30-24(49)20(45)15(40)9(3-35)54-30/h8-32,34-37,39-50H,2-6H2,1H3,(H,33,38)/t8-,9-,10-,11-,12-,13-,14+,15+,16+,17+,18-,19+,20+,21+,22+,23-,24-,25-,26-,27-,28+,29+,30+,31-,32+/m1/s1. The minimum atomic E-state index is -2.08. The molecular weight excluding hydrogens is 814 g/mol. The summed E-state index contributed by atoms with van der Waals surface area (Å²) in [7, 11) is 0. The van der Waals surface area contributed by atoms with E-state index in [-0.39, 0.29) is 0 Å². The summed E-state index contributed by atoms with van der Waals surface area (Å²) >= 11 is 0. The van der Waals surface area contributed by atoms with E-state index in [1.807, 2.05) is 0 Å². The first-order valence-electron chi connectivity index (χ1n) is 18.6. The van der Waals surface area contributed by atoms with E-state index >= 15 is 0 Å². The first-order valence-corrected chi connectivity index (χ1v) is 18.6. The fourth-order valence-corrected chi connectivity index (χ4v) is 7.29. The van der Waals surface area contributed by atoms with E-state index in [9.17, 15) is 86.5 Å². The summed E-state index contributed by atoms with van der Waals surface area (Å²) in [6.45, 7) is -3.40. The summed E-state index contributed by atoms with van der Waals surface area (Å²) in [5.41, 5.74) is 0. The maximum atomic E-state index is 11.9. The zero-order valence-corrected chi connectivity index (χ0v) is 31.2. The van der Waals surface area contributed by atoms with Crippen LogP contribution in [0.2, 0.25) is 0 Å². The molecule has 0 unspecified atom stereocenters. The summed E-state index contributed by atoms with van der Waals surface area (Å²) in [6.07, 6.45) is -44.8. The molecule has 5 rings (SSSR count). The Hall–Kier alpha value is -1.53. The molecule has 5 saturated heterocycles. The molecule has 0 saturated carbocycles. The molecule has 0 aromatic rings. The van der Waals surface area contributed by atoms with Gasteiger partial charge in [-0.15, -0.1) is 0 Å². The first kappa shape index (κ1) is 48.5. The van der Waals surface area contributed by atoms with Crippen LogP contribution in [0, 0.1) is 0 Å². The predicted octanol–water partition coefficient (Wildman–Crippen LogP) is -11.8. The molecule has 27 nitrogen and oxygen atoms in total. The van der Waals surface area contributed by atoms with Crippen LogP contribution in [-0.2, 0) is 47.4 Å². The van der Waals surface area contributed by atoms with Crippen molar-refractivity contribution in [1.29, 1.82) is 0 Å². The van der Waals surface area contributed by atoms with E-state index in [0.717, 1.165) is 6.92 Å². The lowest BCUT2D eigenvalue weighted by atomic mass is 9.95. The number of carbonyl (C=O) groups excluding carboxylic acids is 1. The van der Waals surface area contributed by atoms with Gasteiger partial charge in [-0.25, -0.2) is 0 Å². The van der Waals surface area contributed by atoms with E-state index < -0.39 is 192 Å². The highest BCUT2D eigenvalue weighted by Crippen LogP contribution is 2.35. The Labute approximate surface area is 333 Å². The van der Waals surface area contributed by atoms with Gasteiger partial charge in [0.15, 0.2) is 31.5 Å². The van der Waals surface area contributed by atoms with Crippen molar-refractivity contribution in [2.45, 2.75) is 160 Å². The van der Waals surface area contributed by atoms with Crippen molar-refractivity contribution >= 4 is 5.91 Å².